The summed E-state index contributed by atoms with van der Waals surface area (Å²) >= 11 is 1.40. The summed E-state index contributed by atoms with van der Waals surface area (Å²) in [6.45, 7) is 2.20. The molecule has 1 fully saturated rings. The van der Waals surface area contributed by atoms with Crippen LogP contribution in [0.25, 0.3) is 0 Å². The van der Waals surface area contributed by atoms with Crippen LogP contribution in [0.3, 0.4) is 0 Å². The summed E-state index contributed by atoms with van der Waals surface area (Å²) in [6, 6.07) is 6.67. The van der Waals surface area contributed by atoms with E-state index in [4.69, 9.17) is 9.47 Å². The normalized spacial score (nSPS) is 21.4. The zero-order valence-corrected chi connectivity index (χ0v) is 19.5. The number of thiophene rings is 1. The van der Waals surface area contributed by atoms with Crippen LogP contribution < -0.4 is 20.1 Å². The molecule has 0 radical (unpaired) electrons. The van der Waals surface area contributed by atoms with Crippen molar-refractivity contribution >= 4 is 34.2 Å². The quantitative estimate of drug-likeness (QED) is 0.649. The monoisotopic (exact) mass is 480 g/mol. The fourth-order valence-electron chi connectivity index (χ4n) is 4.59. The molecule has 9 nitrogen and oxygen atoms in total. The van der Waals surface area contributed by atoms with Crippen molar-refractivity contribution in [2.45, 2.75) is 44.6 Å². The van der Waals surface area contributed by atoms with Crippen molar-refractivity contribution in [1.82, 2.24) is 10.2 Å². The van der Waals surface area contributed by atoms with Crippen LogP contribution in [0, 0.1) is 11.3 Å². The summed E-state index contributed by atoms with van der Waals surface area (Å²) in [5.74, 6) is 0.0413. The van der Waals surface area contributed by atoms with Crippen LogP contribution in [0.4, 0.5) is 9.80 Å². The molecule has 1 aromatic carbocycles. The van der Waals surface area contributed by atoms with Gasteiger partial charge in [0.25, 0.3) is 5.91 Å². The smallest absolute Gasteiger partial charge is 0.325 e. The maximum Gasteiger partial charge on any atom is 0.325 e. The van der Waals surface area contributed by atoms with Crippen LogP contribution in [0.1, 0.15) is 47.8 Å². The minimum atomic E-state index is -1.35. The Kier molecular flexibility index (Phi) is 5.65. The topological polar surface area (TPSA) is 121 Å². The van der Waals surface area contributed by atoms with Gasteiger partial charge in [0.15, 0.2) is 11.5 Å². The predicted octanol–water partition coefficient (Wildman–Crippen LogP) is 3.07. The molecule has 1 unspecified atom stereocenters. The van der Waals surface area contributed by atoms with Crippen molar-refractivity contribution in [2.75, 3.05) is 25.1 Å². The third-order valence-electron chi connectivity index (χ3n) is 6.44. The molecule has 1 aliphatic carbocycles. The molecule has 2 aliphatic heterocycles. The number of hydrogen-bond donors (Lipinski definition) is 2. The number of benzene rings is 1. The van der Waals surface area contributed by atoms with Crippen molar-refractivity contribution in [3.63, 3.8) is 0 Å². The largest absolute Gasteiger partial charge is 0.490 e. The van der Waals surface area contributed by atoms with E-state index in [0.717, 1.165) is 47.4 Å². The van der Waals surface area contributed by atoms with Crippen LogP contribution in [0.5, 0.6) is 11.5 Å². The highest BCUT2D eigenvalue weighted by molar-refractivity contribution is 7.16. The summed E-state index contributed by atoms with van der Waals surface area (Å²) in [4.78, 5) is 40.8. The Labute approximate surface area is 200 Å². The van der Waals surface area contributed by atoms with Crippen LogP contribution in [-0.2, 0) is 28.0 Å². The minimum absolute atomic E-state index is 0.446. The first-order valence-corrected chi connectivity index (χ1v) is 12.1. The number of amides is 4. The third-order valence-corrected chi connectivity index (χ3v) is 7.64. The molecule has 176 valence electrons. The van der Waals surface area contributed by atoms with Gasteiger partial charge in [-0.3, -0.25) is 14.5 Å². The van der Waals surface area contributed by atoms with E-state index < -0.39 is 29.9 Å². The number of rotatable bonds is 4. The first-order chi connectivity index (χ1) is 16.4. The first kappa shape index (κ1) is 22.2. The molecule has 4 amide bonds. The zero-order valence-electron chi connectivity index (χ0n) is 18.7. The summed E-state index contributed by atoms with van der Waals surface area (Å²) in [6.07, 6.45) is 4.55. The SMILES string of the molecule is CC1(c2ccc3c(c2)OCCCO3)NC(=O)N(CC(=O)Nc2sc3c(c2C#N)CCCC3)C1=O. The van der Waals surface area contributed by atoms with Gasteiger partial charge in [0, 0.05) is 11.3 Å². The highest BCUT2D eigenvalue weighted by Crippen LogP contribution is 2.38. The molecule has 10 heteroatoms. The number of ether oxygens (including phenoxy) is 2. The van der Waals surface area contributed by atoms with Gasteiger partial charge in [-0.15, -0.1) is 11.3 Å². The van der Waals surface area contributed by atoms with Gasteiger partial charge >= 0.3 is 6.03 Å². The van der Waals surface area contributed by atoms with Crippen LogP contribution >= 0.6 is 11.3 Å². The number of anilines is 1. The minimum Gasteiger partial charge on any atom is -0.490 e. The van der Waals surface area contributed by atoms with Gasteiger partial charge < -0.3 is 20.1 Å². The van der Waals surface area contributed by atoms with Gasteiger partial charge in [-0.2, -0.15) is 5.26 Å². The van der Waals surface area contributed by atoms with Gasteiger partial charge in [-0.1, -0.05) is 6.07 Å². The zero-order chi connectivity index (χ0) is 23.9. The molecule has 34 heavy (non-hydrogen) atoms. The molecular formula is C24H24N4O5S. The first-order valence-electron chi connectivity index (χ1n) is 11.3. The van der Waals surface area contributed by atoms with E-state index in [-0.39, 0.29) is 0 Å². The van der Waals surface area contributed by atoms with Gasteiger partial charge in [0.05, 0.1) is 18.8 Å². The van der Waals surface area contributed by atoms with Gasteiger partial charge in [-0.25, -0.2) is 4.79 Å². The maximum atomic E-state index is 13.3. The Morgan fingerprint density at radius 3 is 2.76 bits per heavy atom. The number of fused-ring (bicyclic) bond motifs is 2. The summed E-state index contributed by atoms with van der Waals surface area (Å²) in [5.41, 5.74) is 0.686. The Morgan fingerprint density at radius 1 is 1.21 bits per heavy atom. The fraction of sp³-hybridized carbons (Fsp3) is 0.417. The number of carbonyl (C=O) groups is 3. The molecule has 1 atom stereocenters. The molecule has 1 aromatic heterocycles. The van der Waals surface area contributed by atoms with Crippen molar-refractivity contribution in [3.8, 4) is 17.6 Å². The van der Waals surface area contributed by atoms with E-state index >= 15 is 0 Å². The van der Waals surface area contributed by atoms with Gasteiger partial charge in [0.2, 0.25) is 5.91 Å². The van der Waals surface area contributed by atoms with E-state index in [1.54, 1.807) is 25.1 Å². The second kappa shape index (κ2) is 8.65. The van der Waals surface area contributed by atoms with Crippen LogP contribution in [0.15, 0.2) is 18.2 Å². The van der Waals surface area contributed by atoms with E-state index in [1.165, 1.54) is 11.3 Å². The molecule has 1 saturated heterocycles. The maximum absolute atomic E-state index is 13.3. The highest BCUT2D eigenvalue weighted by atomic mass is 32.1. The second-order valence-electron chi connectivity index (χ2n) is 8.73. The fourth-order valence-corrected chi connectivity index (χ4v) is 5.85. The number of imide groups is 1. The lowest BCUT2D eigenvalue weighted by atomic mass is 9.91. The highest BCUT2D eigenvalue weighted by Gasteiger charge is 2.50. The average molecular weight is 481 g/mol. The van der Waals surface area contributed by atoms with E-state index in [2.05, 4.69) is 16.7 Å². The Bertz CT molecular complexity index is 1230. The molecule has 0 bridgehead atoms. The number of nitrogens with zero attached hydrogens (tertiary/aromatic N) is 2. The van der Waals surface area contributed by atoms with E-state index in [9.17, 15) is 19.6 Å². The molecule has 0 spiro atoms. The average Bonchev–Trinajstić information content (AvgIpc) is 3.14. The molecule has 2 N–H and O–H groups in total. The number of urea groups is 1. The van der Waals surface area contributed by atoms with Crippen LogP contribution in [0.2, 0.25) is 0 Å². The Hall–Kier alpha value is -3.58. The van der Waals surface area contributed by atoms with E-state index in [0.29, 0.717) is 40.8 Å². The van der Waals surface area contributed by atoms with Crippen molar-refractivity contribution in [3.05, 3.63) is 39.8 Å². The standard InChI is InChI=1S/C24H24N4O5S/c1-24(14-7-8-17-18(11-14)33-10-4-9-32-17)22(30)28(23(31)27-24)13-20(29)26-21-16(12-25)15-5-2-3-6-19(15)34-21/h7-8,11H,2-6,9-10,13H2,1H3,(H,26,29)(H,27,31). The lowest BCUT2D eigenvalue weighted by molar-refractivity contribution is -0.133. The number of nitriles is 1. The predicted molar refractivity (Wildman–Crippen MR) is 124 cm³/mol. The Balaban J connectivity index is 1.33. The molecule has 3 aliphatic rings. The molecule has 0 saturated carbocycles. The number of aryl methyl sites for hydroxylation is 1. The lowest BCUT2D eigenvalue weighted by Crippen LogP contribution is -2.42. The van der Waals surface area contributed by atoms with Crippen molar-refractivity contribution in [2.24, 2.45) is 0 Å². The van der Waals surface area contributed by atoms with E-state index in [1.807, 2.05) is 0 Å². The summed E-state index contributed by atoms with van der Waals surface area (Å²) < 4.78 is 11.4. The molecular weight excluding hydrogens is 456 g/mol. The Morgan fingerprint density at radius 2 is 1.97 bits per heavy atom. The van der Waals surface area contributed by atoms with Crippen molar-refractivity contribution < 1.29 is 23.9 Å². The van der Waals surface area contributed by atoms with Crippen LogP contribution in [-0.4, -0.2) is 42.5 Å². The second-order valence-corrected chi connectivity index (χ2v) is 9.84. The lowest BCUT2D eigenvalue weighted by Gasteiger charge is -2.23. The number of hydrogen-bond acceptors (Lipinski definition) is 7. The van der Waals surface area contributed by atoms with Gasteiger partial charge in [0.1, 0.15) is 23.2 Å². The van der Waals surface area contributed by atoms with Gasteiger partial charge in [-0.05, 0) is 55.9 Å². The molecule has 5 rings (SSSR count). The molecule has 2 aromatic rings. The molecule has 3 heterocycles. The van der Waals surface area contributed by atoms with Crippen molar-refractivity contribution in [1.29, 1.82) is 5.26 Å². The number of nitrogens with one attached hydrogen (secondary N) is 2. The summed E-state index contributed by atoms with van der Waals surface area (Å²) in [7, 11) is 0. The third kappa shape index (κ3) is 3.76. The summed E-state index contributed by atoms with van der Waals surface area (Å²) in [5, 5.41) is 15.5. The number of carbonyl (C=O) groups excluding carboxylic acids is 3.